The lowest BCUT2D eigenvalue weighted by Crippen LogP contribution is -2.12. The maximum atomic E-state index is 12.4. The molecule has 2 aromatic carbocycles. The number of aryl methyl sites for hydroxylation is 1. The Kier molecular flexibility index (Phi) is 5.94. The number of nitrogens with zero attached hydrogens (tertiary/aromatic N) is 3. The van der Waals surface area contributed by atoms with Gasteiger partial charge in [0.05, 0.1) is 11.0 Å². The molecule has 7 nitrogen and oxygen atoms in total. The highest BCUT2D eigenvalue weighted by Crippen LogP contribution is 2.25. The van der Waals surface area contributed by atoms with E-state index in [9.17, 15) is 4.79 Å². The van der Waals surface area contributed by atoms with Gasteiger partial charge in [0.15, 0.2) is 5.76 Å². The first-order valence-corrected chi connectivity index (χ1v) is 10.1. The zero-order valence-corrected chi connectivity index (χ0v) is 17.8. The van der Waals surface area contributed by atoms with E-state index in [0.717, 1.165) is 10.0 Å². The fourth-order valence-corrected chi connectivity index (χ4v) is 3.24. The van der Waals surface area contributed by atoms with Crippen LogP contribution in [0.2, 0.25) is 0 Å². The van der Waals surface area contributed by atoms with Crippen LogP contribution in [0.1, 0.15) is 27.4 Å². The number of aromatic nitrogens is 3. The van der Waals surface area contributed by atoms with Crippen LogP contribution in [0.4, 0.5) is 5.95 Å². The van der Waals surface area contributed by atoms with Crippen LogP contribution < -0.4 is 10.1 Å². The minimum absolute atomic E-state index is 0.163. The van der Waals surface area contributed by atoms with Crippen molar-refractivity contribution in [1.82, 2.24) is 14.8 Å². The summed E-state index contributed by atoms with van der Waals surface area (Å²) in [6, 6.07) is 18.9. The molecule has 2 heterocycles. The molecule has 30 heavy (non-hydrogen) atoms. The van der Waals surface area contributed by atoms with Gasteiger partial charge < -0.3 is 9.15 Å². The van der Waals surface area contributed by atoms with E-state index in [-0.39, 0.29) is 18.3 Å². The van der Waals surface area contributed by atoms with Gasteiger partial charge in [-0.3, -0.25) is 10.1 Å². The third kappa shape index (κ3) is 4.77. The Hall–Kier alpha value is -3.39. The van der Waals surface area contributed by atoms with E-state index in [4.69, 9.17) is 9.15 Å². The molecule has 0 atom stereocenters. The first-order valence-electron chi connectivity index (χ1n) is 9.30. The molecule has 0 fully saturated rings. The Bertz CT molecular complexity index is 1170. The van der Waals surface area contributed by atoms with Crippen molar-refractivity contribution in [1.29, 1.82) is 0 Å². The van der Waals surface area contributed by atoms with Crippen LogP contribution in [0.5, 0.6) is 5.75 Å². The standard InChI is InChI=1S/C22H19BrN4O3/c1-15-6-2-3-7-16(15)12-27-14-24-22(26-27)25-21(28)20-11-10-17(30-20)13-29-19-9-5-4-8-18(19)23/h2-11,14H,12-13H2,1H3,(H,25,26,28). The van der Waals surface area contributed by atoms with Crippen molar-refractivity contribution in [2.75, 3.05) is 5.32 Å². The summed E-state index contributed by atoms with van der Waals surface area (Å²) in [4.78, 5) is 16.6. The van der Waals surface area contributed by atoms with Crippen molar-refractivity contribution >= 4 is 27.8 Å². The molecule has 0 saturated carbocycles. The molecule has 4 rings (SSSR count). The molecule has 0 spiro atoms. The van der Waals surface area contributed by atoms with Crippen molar-refractivity contribution in [3.63, 3.8) is 0 Å². The minimum Gasteiger partial charge on any atom is -0.484 e. The summed E-state index contributed by atoms with van der Waals surface area (Å²) in [5.74, 6) is 1.19. The number of carbonyl (C=O) groups excluding carboxylic acids is 1. The maximum Gasteiger partial charge on any atom is 0.293 e. The third-order valence-corrected chi connectivity index (χ3v) is 5.10. The number of ether oxygens (including phenoxy) is 1. The smallest absolute Gasteiger partial charge is 0.293 e. The Morgan fingerprint density at radius 1 is 1.13 bits per heavy atom. The van der Waals surface area contributed by atoms with Gasteiger partial charge in [-0.25, -0.2) is 9.67 Å². The third-order valence-electron chi connectivity index (χ3n) is 4.45. The van der Waals surface area contributed by atoms with Crippen LogP contribution in [0.15, 0.2) is 75.9 Å². The number of amides is 1. The van der Waals surface area contributed by atoms with Crippen LogP contribution in [0.25, 0.3) is 0 Å². The second-order valence-corrected chi connectivity index (χ2v) is 7.49. The zero-order valence-electron chi connectivity index (χ0n) is 16.2. The summed E-state index contributed by atoms with van der Waals surface area (Å²) < 4.78 is 13.8. The van der Waals surface area contributed by atoms with Gasteiger partial charge in [-0.2, -0.15) is 0 Å². The average molecular weight is 467 g/mol. The van der Waals surface area contributed by atoms with Crippen LogP contribution in [-0.4, -0.2) is 20.7 Å². The largest absolute Gasteiger partial charge is 0.484 e. The van der Waals surface area contributed by atoms with E-state index in [1.807, 2.05) is 55.5 Å². The van der Waals surface area contributed by atoms with Gasteiger partial charge in [0.1, 0.15) is 24.4 Å². The SMILES string of the molecule is Cc1ccccc1Cn1cnc(NC(=O)c2ccc(COc3ccccc3Br)o2)n1. The first kappa shape index (κ1) is 19.9. The van der Waals surface area contributed by atoms with Gasteiger partial charge in [-0.05, 0) is 58.2 Å². The number of hydrogen-bond acceptors (Lipinski definition) is 5. The summed E-state index contributed by atoms with van der Waals surface area (Å²) in [5, 5.41) is 6.96. The second kappa shape index (κ2) is 8.96. The Labute approximate surface area is 181 Å². The molecule has 152 valence electrons. The molecule has 1 N–H and O–H groups in total. The Morgan fingerprint density at radius 3 is 2.77 bits per heavy atom. The number of halogens is 1. The lowest BCUT2D eigenvalue weighted by molar-refractivity contribution is 0.0991. The monoisotopic (exact) mass is 466 g/mol. The van der Waals surface area contributed by atoms with E-state index in [2.05, 4.69) is 31.3 Å². The van der Waals surface area contributed by atoms with Crippen LogP contribution >= 0.6 is 15.9 Å². The van der Waals surface area contributed by atoms with Crippen molar-refractivity contribution in [3.05, 3.63) is 94.1 Å². The summed E-state index contributed by atoms with van der Waals surface area (Å²) in [7, 11) is 0. The quantitative estimate of drug-likeness (QED) is 0.422. The fraction of sp³-hybridized carbons (Fsp3) is 0.136. The second-order valence-electron chi connectivity index (χ2n) is 6.63. The van der Waals surface area contributed by atoms with Gasteiger partial charge in [-0.1, -0.05) is 36.4 Å². The zero-order chi connectivity index (χ0) is 20.9. The summed E-state index contributed by atoms with van der Waals surface area (Å²) in [5.41, 5.74) is 2.31. The lowest BCUT2D eigenvalue weighted by atomic mass is 10.1. The van der Waals surface area contributed by atoms with Gasteiger partial charge in [-0.15, -0.1) is 5.10 Å². The molecule has 0 saturated heterocycles. The predicted molar refractivity (Wildman–Crippen MR) is 115 cm³/mol. The molecule has 1 amide bonds. The molecule has 0 aliphatic rings. The van der Waals surface area contributed by atoms with E-state index in [1.54, 1.807) is 23.1 Å². The highest BCUT2D eigenvalue weighted by molar-refractivity contribution is 9.10. The number of benzene rings is 2. The molecule has 2 aromatic heterocycles. The van der Waals surface area contributed by atoms with Gasteiger partial charge in [0.2, 0.25) is 5.95 Å². The highest BCUT2D eigenvalue weighted by Gasteiger charge is 2.14. The first-order chi connectivity index (χ1) is 14.6. The van der Waals surface area contributed by atoms with E-state index < -0.39 is 5.91 Å². The summed E-state index contributed by atoms with van der Waals surface area (Å²) in [6.07, 6.45) is 1.58. The van der Waals surface area contributed by atoms with Gasteiger partial charge >= 0.3 is 0 Å². The lowest BCUT2D eigenvalue weighted by Gasteiger charge is -2.05. The molecule has 0 bridgehead atoms. The number of nitrogens with one attached hydrogen (secondary N) is 1. The fourth-order valence-electron chi connectivity index (χ4n) is 2.84. The van der Waals surface area contributed by atoms with E-state index in [0.29, 0.717) is 18.1 Å². The number of rotatable bonds is 7. The Morgan fingerprint density at radius 2 is 1.93 bits per heavy atom. The van der Waals surface area contributed by atoms with Crippen molar-refractivity contribution in [2.24, 2.45) is 0 Å². The molecular formula is C22H19BrN4O3. The van der Waals surface area contributed by atoms with E-state index >= 15 is 0 Å². The molecule has 4 aromatic rings. The molecule has 0 aliphatic heterocycles. The van der Waals surface area contributed by atoms with Crippen molar-refractivity contribution in [3.8, 4) is 5.75 Å². The molecule has 0 aliphatic carbocycles. The van der Waals surface area contributed by atoms with Crippen molar-refractivity contribution in [2.45, 2.75) is 20.1 Å². The number of para-hydroxylation sites is 1. The van der Waals surface area contributed by atoms with Gasteiger partial charge in [0.25, 0.3) is 5.91 Å². The molecule has 8 heteroatoms. The van der Waals surface area contributed by atoms with Crippen LogP contribution in [0, 0.1) is 6.92 Å². The molecular weight excluding hydrogens is 448 g/mol. The minimum atomic E-state index is -0.421. The predicted octanol–water partition coefficient (Wildman–Crippen LogP) is 4.82. The number of anilines is 1. The number of carbonyl (C=O) groups is 1. The number of hydrogen-bond donors (Lipinski definition) is 1. The number of furan rings is 1. The maximum absolute atomic E-state index is 12.4. The Balaban J connectivity index is 1.35. The van der Waals surface area contributed by atoms with Gasteiger partial charge in [0, 0.05) is 0 Å². The van der Waals surface area contributed by atoms with Crippen LogP contribution in [0.3, 0.4) is 0 Å². The summed E-state index contributed by atoms with van der Waals surface area (Å²) >= 11 is 3.43. The van der Waals surface area contributed by atoms with Crippen LogP contribution in [-0.2, 0) is 13.2 Å². The topological polar surface area (TPSA) is 82.2 Å². The van der Waals surface area contributed by atoms with E-state index in [1.165, 1.54) is 5.56 Å². The summed E-state index contributed by atoms with van der Waals surface area (Å²) in [6.45, 7) is 2.83. The molecule has 0 radical (unpaired) electrons. The normalized spacial score (nSPS) is 10.7. The highest BCUT2D eigenvalue weighted by atomic mass is 79.9. The average Bonchev–Trinajstić information content (AvgIpc) is 3.39. The van der Waals surface area contributed by atoms with Crippen molar-refractivity contribution < 1.29 is 13.9 Å². The molecule has 0 unspecified atom stereocenters.